The predicted molar refractivity (Wildman–Crippen MR) is 141 cm³/mol. The molecule has 0 saturated heterocycles. The topological polar surface area (TPSA) is 84.0 Å². The highest BCUT2D eigenvalue weighted by molar-refractivity contribution is 5.83. The third-order valence-electron chi connectivity index (χ3n) is 7.01. The van der Waals surface area contributed by atoms with Gasteiger partial charge >= 0.3 is 0 Å². The Morgan fingerprint density at radius 1 is 1.05 bits per heavy atom. The second-order valence-electron chi connectivity index (χ2n) is 9.59. The Morgan fingerprint density at radius 2 is 1.95 bits per heavy atom. The van der Waals surface area contributed by atoms with Crippen LogP contribution >= 0.6 is 0 Å². The molecule has 0 aliphatic carbocycles. The minimum atomic E-state index is -0.279. The fourth-order valence-electron chi connectivity index (χ4n) is 5.02. The van der Waals surface area contributed by atoms with Gasteiger partial charge in [-0.3, -0.25) is 9.58 Å². The Hall–Kier alpha value is -4.08. The molecule has 0 spiro atoms. The first-order valence-corrected chi connectivity index (χ1v) is 12.3. The third-order valence-corrected chi connectivity index (χ3v) is 7.01. The van der Waals surface area contributed by atoms with E-state index in [0.29, 0.717) is 12.5 Å². The summed E-state index contributed by atoms with van der Waals surface area (Å²) >= 11 is 0. The standard InChI is InChI=1S/C28H28FN7O/c1-18-12-30-28(32-24-5-6-26-20(10-24)13-31-34(26)2)33-27(18)22-11-25-16-35(7-8-36(25)15-22)14-21-9-23(29)4-3-19(21)17-37/h3-6,9-13,15,37H,7-8,14,16-17H2,1-2H3,(H,30,32,33). The van der Waals surface area contributed by atoms with Crippen LogP contribution in [0.2, 0.25) is 0 Å². The number of aryl methyl sites for hydroxylation is 2. The van der Waals surface area contributed by atoms with Gasteiger partial charge in [-0.25, -0.2) is 14.4 Å². The molecule has 9 heteroatoms. The maximum atomic E-state index is 13.8. The highest BCUT2D eigenvalue weighted by Crippen LogP contribution is 2.29. The normalized spacial score (nSPS) is 13.7. The van der Waals surface area contributed by atoms with Crippen LogP contribution in [0.1, 0.15) is 22.4 Å². The largest absolute Gasteiger partial charge is 0.392 e. The molecular formula is C28H28FN7O. The quantitative estimate of drug-likeness (QED) is 0.359. The molecule has 0 unspecified atom stereocenters. The first kappa shape index (κ1) is 23.3. The Morgan fingerprint density at radius 3 is 2.81 bits per heavy atom. The lowest BCUT2D eigenvalue weighted by molar-refractivity contribution is 0.209. The molecule has 2 N–H and O–H groups in total. The van der Waals surface area contributed by atoms with Crippen molar-refractivity contribution in [1.82, 2.24) is 29.2 Å². The monoisotopic (exact) mass is 497 g/mol. The summed E-state index contributed by atoms with van der Waals surface area (Å²) in [6.07, 6.45) is 5.83. The van der Waals surface area contributed by atoms with Gasteiger partial charge in [-0.2, -0.15) is 5.10 Å². The number of nitrogens with zero attached hydrogens (tertiary/aromatic N) is 6. The van der Waals surface area contributed by atoms with Crippen LogP contribution in [0.25, 0.3) is 22.2 Å². The summed E-state index contributed by atoms with van der Waals surface area (Å²) in [6.45, 7) is 4.93. The van der Waals surface area contributed by atoms with Gasteiger partial charge in [0, 0.05) is 68.0 Å². The van der Waals surface area contributed by atoms with Gasteiger partial charge in [0.15, 0.2) is 0 Å². The third kappa shape index (κ3) is 4.59. The number of aliphatic hydroxyl groups excluding tert-OH is 1. The summed E-state index contributed by atoms with van der Waals surface area (Å²) in [5.41, 5.74) is 7.68. The Kier molecular flexibility index (Phi) is 5.94. The summed E-state index contributed by atoms with van der Waals surface area (Å²) in [6, 6.07) is 12.8. The van der Waals surface area contributed by atoms with E-state index in [9.17, 15) is 9.50 Å². The number of aromatic nitrogens is 5. The van der Waals surface area contributed by atoms with Crippen LogP contribution in [-0.4, -0.2) is 40.9 Å². The van der Waals surface area contributed by atoms with E-state index in [0.717, 1.165) is 64.2 Å². The lowest BCUT2D eigenvalue weighted by Gasteiger charge is -2.29. The van der Waals surface area contributed by atoms with Gasteiger partial charge in [0.2, 0.25) is 5.95 Å². The molecule has 1 aliphatic heterocycles. The van der Waals surface area contributed by atoms with E-state index in [1.165, 1.54) is 17.8 Å². The van der Waals surface area contributed by atoms with Gasteiger partial charge in [-0.1, -0.05) is 6.07 Å². The molecule has 5 aromatic rings. The van der Waals surface area contributed by atoms with Crippen LogP contribution in [0.5, 0.6) is 0 Å². The van der Waals surface area contributed by atoms with Crippen LogP contribution < -0.4 is 5.32 Å². The minimum Gasteiger partial charge on any atom is -0.392 e. The van der Waals surface area contributed by atoms with Crippen LogP contribution in [0.3, 0.4) is 0 Å². The van der Waals surface area contributed by atoms with Crippen molar-refractivity contribution < 1.29 is 9.50 Å². The number of anilines is 2. The molecule has 0 fully saturated rings. The molecule has 2 aromatic carbocycles. The van der Waals surface area contributed by atoms with Crippen LogP contribution in [0.15, 0.2) is 61.1 Å². The zero-order valence-electron chi connectivity index (χ0n) is 20.8. The summed E-state index contributed by atoms with van der Waals surface area (Å²) in [5.74, 6) is 0.260. The van der Waals surface area contributed by atoms with E-state index < -0.39 is 0 Å². The number of nitrogens with one attached hydrogen (secondary N) is 1. The number of hydrogen-bond acceptors (Lipinski definition) is 6. The molecule has 0 bridgehead atoms. The lowest BCUT2D eigenvalue weighted by atomic mass is 10.1. The molecule has 6 rings (SSSR count). The van der Waals surface area contributed by atoms with Crippen LogP contribution in [0.4, 0.5) is 16.0 Å². The zero-order chi connectivity index (χ0) is 25.5. The highest BCUT2D eigenvalue weighted by Gasteiger charge is 2.20. The van der Waals surface area contributed by atoms with Crippen LogP contribution in [0, 0.1) is 12.7 Å². The molecule has 8 nitrogen and oxygen atoms in total. The van der Waals surface area contributed by atoms with Gasteiger partial charge < -0.3 is 15.0 Å². The maximum Gasteiger partial charge on any atom is 0.227 e. The summed E-state index contributed by atoms with van der Waals surface area (Å²) in [5, 5.41) is 18.3. The molecule has 0 radical (unpaired) electrons. The highest BCUT2D eigenvalue weighted by atomic mass is 19.1. The molecule has 3 aromatic heterocycles. The molecular weight excluding hydrogens is 469 g/mol. The smallest absolute Gasteiger partial charge is 0.227 e. The zero-order valence-corrected chi connectivity index (χ0v) is 20.8. The van der Waals surface area contributed by atoms with Crippen molar-refractivity contribution >= 4 is 22.5 Å². The SMILES string of the molecule is Cc1cnc(Nc2ccc3c(cnn3C)c2)nc1-c1cc2n(c1)CCN(Cc1cc(F)ccc1CO)C2. The fraction of sp³-hybridized carbons (Fsp3) is 0.250. The van der Waals surface area contributed by atoms with Crippen LogP contribution in [-0.2, 0) is 33.3 Å². The van der Waals surface area contributed by atoms with Gasteiger partial charge in [0.05, 0.1) is 24.0 Å². The summed E-state index contributed by atoms with van der Waals surface area (Å²) in [7, 11) is 1.93. The molecule has 4 heterocycles. The Labute approximate surface area is 214 Å². The number of halogens is 1. The molecule has 0 atom stereocenters. The van der Waals surface area contributed by atoms with Gasteiger partial charge in [0.1, 0.15) is 5.82 Å². The van der Waals surface area contributed by atoms with E-state index in [4.69, 9.17) is 4.98 Å². The van der Waals surface area contributed by atoms with Gasteiger partial charge in [-0.15, -0.1) is 0 Å². The molecule has 188 valence electrons. The summed E-state index contributed by atoms with van der Waals surface area (Å²) < 4.78 is 17.9. The lowest BCUT2D eigenvalue weighted by Crippen LogP contribution is -2.33. The molecule has 1 aliphatic rings. The van der Waals surface area contributed by atoms with E-state index in [-0.39, 0.29) is 12.4 Å². The Balaban J connectivity index is 1.22. The number of hydrogen-bond donors (Lipinski definition) is 2. The first-order chi connectivity index (χ1) is 18.0. The summed E-state index contributed by atoms with van der Waals surface area (Å²) in [4.78, 5) is 11.6. The number of benzene rings is 2. The second-order valence-corrected chi connectivity index (χ2v) is 9.59. The average Bonchev–Trinajstić information content (AvgIpc) is 3.48. The fourth-order valence-corrected chi connectivity index (χ4v) is 5.02. The van der Waals surface area contributed by atoms with E-state index in [1.807, 2.05) is 49.2 Å². The van der Waals surface area contributed by atoms with E-state index in [1.54, 1.807) is 6.07 Å². The average molecular weight is 498 g/mol. The number of fused-ring (bicyclic) bond motifs is 2. The van der Waals surface area contributed by atoms with E-state index in [2.05, 4.69) is 37.1 Å². The number of rotatable bonds is 6. The predicted octanol–water partition coefficient (Wildman–Crippen LogP) is 4.53. The maximum absolute atomic E-state index is 13.8. The first-order valence-electron chi connectivity index (χ1n) is 12.3. The van der Waals surface area contributed by atoms with Crippen molar-refractivity contribution in [3.8, 4) is 11.3 Å². The van der Waals surface area contributed by atoms with Crippen molar-refractivity contribution in [2.24, 2.45) is 7.05 Å². The Bertz CT molecular complexity index is 1610. The van der Waals surface area contributed by atoms with Crippen molar-refractivity contribution in [3.05, 3.63) is 89.3 Å². The molecule has 0 saturated carbocycles. The van der Waals surface area contributed by atoms with Gasteiger partial charge in [-0.05, 0) is 60.0 Å². The second kappa shape index (κ2) is 9.42. The minimum absolute atomic E-state index is 0.0938. The van der Waals surface area contributed by atoms with Crippen molar-refractivity contribution in [3.63, 3.8) is 0 Å². The van der Waals surface area contributed by atoms with E-state index >= 15 is 0 Å². The van der Waals surface area contributed by atoms with Crippen molar-refractivity contribution in [1.29, 1.82) is 0 Å². The van der Waals surface area contributed by atoms with Crippen molar-refractivity contribution in [2.45, 2.75) is 33.2 Å². The molecule has 0 amide bonds. The number of aliphatic hydroxyl groups is 1. The molecule has 37 heavy (non-hydrogen) atoms. The van der Waals surface area contributed by atoms with Crippen molar-refractivity contribution in [2.75, 3.05) is 11.9 Å². The van der Waals surface area contributed by atoms with Gasteiger partial charge in [0.25, 0.3) is 0 Å².